The molecule has 0 bridgehead atoms. The highest BCUT2D eigenvalue weighted by molar-refractivity contribution is 5.88. The number of rotatable bonds is 5. The molecular weight excluding hydrogens is 238 g/mol. The number of carboxylic acid groups (broad SMARTS) is 1. The smallest absolute Gasteiger partial charge is 0.437 e. The summed E-state index contributed by atoms with van der Waals surface area (Å²) in [4.78, 5) is 33.9. The molecule has 0 aromatic heterocycles. The van der Waals surface area contributed by atoms with Crippen LogP contribution < -0.4 is 10.5 Å². The van der Waals surface area contributed by atoms with Crippen LogP contribution in [0.25, 0.3) is 0 Å². The molecule has 1 N–H and O–H groups in total. The zero-order valence-electron chi connectivity index (χ0n) is 10.9. The van der Waals surface area contributed by atoms with Gasteiger partial charge < -0.3 is 9.90 Å². The van der Waals surface area contributed by atoms with Crippen molar-refractivity contribution in [3.05, 3.63) is 12.7 Å². The maximum atomic E-state index is 12.1. The molecular formula is C11H19N3O4. The average Bonchev–Trinajstić information content (AvgIpc) is 2.25. The molecule has 0 fully saturated rings. The SMILES string of the molecule is C=CC(=O)NN(CCC)C(=O)[N+](C)(C)CC(=O)[O-]. The number of hydrogen-bond donors (Lipinski definition) is 1. The summed E-state index contributed by atoms with van der Waals surface area (Å²) in [7, 11) is 2.86. The van der Waals surface area contributed by atoms with Gasteiger partial charge in [0.15, 0.2) is 0 Å². The Labute approximate surface area is 106 Å². The highest BCUT2D eigenvalue weighted by atomic mass is 16.4. The van der Waals surface area contributed by atoms with Gasteiger partial charge in [0.05, 0.1) is 20.1 Å². The third-order valence-electron chi connectivity index (χ3n) is 2.15. The summed E-state index contributed by atoms with van der Waals surface area (Å²) in [5, 5.41) is 11.7. The quantitative estimate of drug-likeness (QED) is 0.383. The maximum Gasteiger partial charge on any atom is 0.437 e. The molecule has 0 aliphatic rings. The molecule has 18 heavy (non-hydrogen) atoms. The van der Waals surface area contributed by atoms with Crippen LogP contribution in [0.3, 0.4) is 0 Å². The Kier molecular flexibility index (Phi) is 6.04. The minimum absolute atomic E-state index is 0.285. The van der Waals surface area contributed by atoms with Crippen LogP contribution in [0.5, 0.6) is 0 Å². The molecule has 0 atom stereocenters. The molecule has 0 aromatic rings. The van der Waals surface area contributed by atoms with Crippen molar-refractivity contribution >= 4 is 17.9 Å². The fourth-order valence-electron chi connectivity index (χ4n) is 1.32. The fourth-order valence-corrected chi connectivity index (χ4v) is 1.32. The standard InChI is InChI=1S/C11H19N3O4/c1-5-7-13(12-9(15)6-2)11(18)14(3,4)8-10(16)17/h6H,2,5,7-8H2,1,3-4H3,(H-,12,15,16,17). The minimum atomic E-state index is -1.33. The van der Waals surface area contributed by atoms with Crippen LogP contribution >= 0.6 is 0 Å². The van der Waals surface area contributed by atoms with E-state index in [9.17, 15) is 19.5 Å². The van der Waals surface area contributed by atoms with Gasteiger partial charge in [-0.25, -0.2) is 14.3 Å². The molecule has 0 aliphatic carbocycles. The zero-order valence-corrected chi connectivity index (χ0v) is 10.9. The van der Waals surface area contributed by atoms with Gasteiger partial charge in [-0.3, -0.25) is 10.2 Å². The van der Waals surface area contributed by atoms with Gasteiger partial charge in [0.2, 0.25) is 0 Å². The van der Waals surface area contributed by atoms with Gasteiger partial charge in [0.1, 0.15) is 6.54 Å². The van der Waals surface area contributed by atoms with Crippen LogP contribution in [-0.2, 0) is 9.59 Å². The van der Waals surface area contributed by atoms with E-state index in [4.69, 9.17) is 0 Å². The average molecular weight is 257 g/mol. The van der Waals surface area contributed by atoms with Gasteiger partial charge in [-0.2, -0.15) is 0 Å². The van der Waals surface area contributed by atoms with Crippen molar-refractivity contribution in [1.29, 1.82) is 0 Å². The second kappa shape index (κ2) is 6.75. The van der Waals surface area contributed by atoms with Gasteiger partial charge in [-0.1, -0.05) is 13.5 Å². The largest absolute Gasteiger partial charge is 0.544 e. The first-order valence-corrected chi connectivity index (χ1v) is 5.52. The Balaban J connectivity index is 4.88. The monoisotopic (exact) mass is 257 g/mol. The summed E-state index contributed by atoms with van der Waals surface area (Å²) in [6.07, 6.45) is 1.66. The summed E-state index contributed by atoms with van der Waals surface area (Å²) >= 11 is 0. The summed E-state index contributed by atoms with van der Waals surface area (Å²) in [6.45, 7) is 4.93. The van der Waals surface area contributed by atoms with Crippen LogP contribution in [0.4, 0.5) is 4.79 Å². The predicted octanol–water partition coefficient (Wildman–Crippen LogP) is -1.14. The van der Waals surface area contributed by atoms with E-state index in [0.717, 1.165) is 11.1 Å². The molecule has 0 unspecified atom stereocenters. The number of quaternary nitrogens is 1. The van der Waals surface area contributed by atoms with E-state index in [1.54, 1.807) is 0 Å². The number of hydrazine groups is 1. The van der Waals surface area contributed by atoms with E-state index in [1.807, 2.05) is 6.92 Å². The van der Waals surface area contributed by atoms with Crippen molar-refractivity contribution < 1.29 is 24.0 Å². The lowest BCUT2D eigenvalue weighted by Gasteiger charge is -2.32. The number of carboxylic acids is 1. The van der Waals surface area contributed by atoms with Gasteiger partial charge >= 0.3 is 6.03 Å². The lowest BCUT2D eigenvalue weighted by Crippen LogP contribution is -2.61. The van der Waals surface area contributed by atoms with E-state index in [1.165, 1.54) is 14.1 Å². The van der Waals surface area contributed by atoms with Gasteiger partial charge in [-0.05, 0) is 12.5 Å². The number of hydrogen-bond acceptors (Lipinski definition) is 4. The van der Waals surface area contributed by atoms with Crippen molar-refractivity contribution in [1.82, 2.24) is 10.4 Å². The molecule has 0 saturated heterocycles. The molecule has 0 heterocycles. The van der Waals surface area contributed by atoms with E-state index >= 15 is 0 Å². The molecule has 0 rings (SSSR count). The van der Waals surface area contributed by atoms with E-state index in [2.05, 4.69) is 12.0 Å². The fraction of sp³-hybridized carbons (Fsp3) is 0.545. The van der Waals surface area contributed by atoms with Crippen LogP contribution in [-0.4, -0.2) is 54.6 Å². The molecule has 7 heteroatoms. The van der Waals surface area contributed by atoms with Crippen LogP contribution in [0.15, 0.2) is 12.7 Å². The van der Waals surface area contributed by atoms with Gasteiger partial charge in [0, 0.05) is 6.54 Å². The molecule has 7 nitrogen and oxygen atoms in total. The molecule has 0 aliphatic heterocycles. The van der Waals surface area contributed by atoms with Crippen molar-refractivity contribution in [2.24, 2.45) is 0 Å². The second-order valence-corrected chi connectivity index (χ2v) is 4.33. The lowest BCUT2D eigenvalue weighted by molar-refractivity contribution is -0.807. The minimum Gasteiger partial charge on any atom is -0.544 e. The molecule has 0 aromatic carbocycles. The number of nitrogens with one attached hydrogen (secondary N) is 1. The Morgan fingerprint density at radius 2 is 1.94 bits per heavy atom. The van der Waals surface area contributed by atoms with Crippen molar-refractivity contribution in [3.63, 3.8) is 0 Å². The number of carbonyl (C=O) groups is 3. The maximum absolute atomic E-state index is 12.1. The molecule has 0 saturated carbocycles. The first kappa shape index (κ1) is 16.1. The summed E-state index contributed by atoms with van der Waals surface area (Å²) < 4.78 is -0.445. The first-order chi connectivity index (χ1) is 8.24. The Bertz CT molecular complexity index is 352. The van der Waals surface area contributed by atoms with Gasteiger partial charge in [0.25, 0.3) is 5.91 Å². The number of nitrogens with zero attached hydrogens (tertiary/aromatic N) is 2. The van der Waals surface area contributed by atoms with Crippen molar-refractivity contribution in [2.45, 2.75) is 13.3 Å². The second-order valence-electron chi connectivity index (χ2n) is 4.33. The Morgan fingerprint density at radius 1 is 1.39 bits per heavy atom. The normalized spacial score (nSPS) is 10.6. The third-order valence-corrected chi connectivity index (χ3v) is 2.15. The lowest BCUT2D eigenvalue weighted by atomic mass is 10.4. The molecule has 0 spiro atoms. The molecule has 0 radical (unpaired) electrons. The summed E-state index contributed by atoms with van der Waals surface area (Å²) in [6, 6.07) is -0.531. The van der Waals surface area contributed by atoms with Crippen LogP contribution in [0.1, 0.15) is 13.3 Å². The number of carbonyl (C=O) groups excluding carboxylic acids is 3. The number of amides is 3. The van der Waals surface area contributed by atoms with Crippen molar-refractivity contribution in [3.8, 4) is 0 Å². The first-order valence-electron chi connectivity index (χ1n) is 5.52. The van der Waals surface area contributed by atoms with Gasteiger partial charge in [-0.15, -0.1) is 0 Å². The van der Waals surface area contributed by atoms with Crippen molar-refractivity contribution in [2.75, 3.05) is 27.2 Å². The highest BCUT2D eigenvalue weighted by Gasteiger charge is 2.32. The summed E-state index contributed by atoms with van der Waals surface area (Å²) in [5.74, 6) is -1.86. The van der Waals surface area contributed by atoms with E-state index in [-0.39, 0.29) is 6.54 Å². The Hall–Kier alpha value is -1.89. The summed E-state index contributed by atoms with van der Waals surface area (Å²) in [5.41, 5.74) is 2.34. The van der Waals surface area contributed by atoms with E-state index in [0.29, 0.717) is 6.42 Å². The molecule has 102 valence electrons. The van der Waals surface area contributed by atoms with E-state index < -0.39 is 28.9 Å². The Morgan fingerprint density at radius 3 is 2.33 bits per heavy atom. The number of urea groups is 1. The molecule has 3 amide bonds. The number of aliphatic carboxylic acids is 1. The predicted molar refractivity (Wildman–Crippen MR) is 62.7 cm³/mol. The topological polar surface area (TPSA) is 89.5 Å². The third kappa shape index (κ3) is 4.96. The highest BCUT2D eigenvalue weighted by Crippen LogP contribution is 2.04. The zero-order chi connectivity index (χ0) is 14.3. The number of likely N-dealkylation sites (N-methyl/N-ethyl adjacent to an activating group) is 1. The van der Waals surface area contributed by atoms with Crippen LogP contribution in [0, 0.1) is 0 Å². The van der Waals surface area contributed by atoms with Crippen LogP contribution in [0.2, 0.25) is 0 Å².